The Kier molecular flexibility index (Phi) is 6.29. The summed E-state index contributed by atoms with van der Waals surface area (Å²) >= 11 is 4.38. The highest BCUT2D eigenvalue weighted by molar-refractivity contribution is 8.01. The van der Waals surface area contributed by atoms with Crippen molar-refractivity contribution in [3.05, 3.63) is 40.8 Å². The van der Waals surface area contributed by atoms with Gasteiger partial charge in [0.25, 0.3) is 0 Å². The summed E-state index contributed by atoms with van der Waals surface area (Å²) in [5.74, 6) is -0.330. The van der Waals surface area contributed by atoms with Gasteiger partial charge >= 0.3 is 5.97 Å². The number of esters is 1. The van der Waals surface area contributed by atoms with Gasteiger partial charge in [-0.15, -0.1) is 22.7 Å². The number of rotatable bonds is 7. The third-order valence-electron chi connectivity index (χ3n) is 3.48. The smallest absolute Gasteiger partial charge is 0.341 e. The van der Waals surface area contributed by atoms with Crippen LogP contribution in [-0.2, 0) is 16.0 Å². The minimum absolute atomic E-state index is 0.163. The lowest BCUT2D eigenvalue weighted by Crippen LogP contribution is -2.15. The summed E-state index contributed by atoms with van der Waals surface area (Å²) in [6.07, 6.45) is 0.799. The molecule has 0 spiro atoms. The largest absolute Gasteiger partial charge is 0.462 e. The number of carbonyl (C=O) groups is 2. The van der Waals surface area contributed by atoms with Crippen LogP contribution in [0.25, 0.3) is 10.2 Å². The Balaban J connectivity index is 1.65. The topological polar surface area (TPSA) is 68.3 Å². The average Bonchev–Trinajstić information content (AvgIpc) is 3.23. The molecule has 0 radical (unpaired) electrons. The minimum Gasteiger partial charge on any atom is -0.462 e. The Morgan fingerprint density at radius 2 is 2.04 bits per heavy atom. The van der Waals surface area contributed by atoms with Crippen LogP contribution in [0.15, 0.2) is 34.7 Å². The van der Waals surface area contributed by atoms with Gasteiger partial charge in [0.05, 0.1) is 28.1 Å². The molecule has 0 bridgehead atoms. The number of ether oxygens (including phenoxy) is 1. The number of aryl methyl sites for hydroxylation is 1. The molecule has 26 heavy (non-hydrogen) atoms. The van der Waals surface area contributed by atoms with Crippen molar-refractivity contribution >= 4 is 61.5 Å². The maximum Gasteiger partial charge on any atom is 0.341 e. The predicted molar refractivity (Wildman–Crippen MR) is 109 cm³/mol. The Morgan fingerprint density at radius 3 is 2.77 bits per heavy atom. The van der Waals surface area contributed by atoms with Crippen molar-refractivity contribution in [3.63, 3.8) is 0 Å². The van der Waals surface area contributed by atoms with Gasteiger partial charge in [-0.1, -0.05) is 30.8 Å². The van der Waals surface area contributed by atoms with Gasteiger partial charge in [0.1, 0.15) is 5.00 Å². The molecule has 1 amide bonds. The summed E-state index contributed by atoms with van der Waals surface area (Å²) in [6, 6.07) is 9.68. The second kappa shape index (κ2) is 8.66. The highest BCUT2D eigenvalue weighted by Gasteiger charge is 2.19. The van der Waals surface area contributed by atoms with E-state index in [0.29, 0.717) is 17.2 Å². The second-order valence-electron chi connectivity index (χ2n) is 5.31. The molecular formula is C18H18N2O3S3. The first-order valence-corrected chi connectivity index (χ1v) is 10.8. The molecule has 0 saturated heterocycles. The van der Waals surface area contributed by atoms with E-state index >= 15 is 0 Å². The fraction of sp³-hybridized carbons (Fsp3) is 0.278. The maximum absolute atomic E-state index is 12.3. The van der Waals surface area contributed by atoms with Gasteiger partial charge in [0.15, 0.2) is 4.34 Å². The van der Waals surface area contributed by atoms with Crippen LogP contribution >= 0.6 is 34.4 Å². The number of nitrogens with zero attached hydrogens (tertiary/aromatic N) is 1. The molecule has 0 aliphatic heterocycles. The molecule has 8 heteroatoms. The van der Waals surface area contributed by atoms with E-state index in [-0.39, 0.29) is 11.7 Å². The van der Waals surface area contributed by atoms with Crippen LogP contribution in [-0.4, -0.2) is 29.2 Å². The number of fused-ring (bicyclic) bond motifs is 1. The molecule has 1 N–H and O–H groups in total. The fourth-order valence-corrected chi connectivity index (χ4v) is 5.14. The van der Waals surface area contributed by atoms with Gasteiger partial charge in [-0.3, -0.25) is 4.79 Å². The molecule has 5 nitrogen and oxygen atoms in total. The van der Waals surface area contributed by atoms with Crippen LogP contribution in [0.1, 0.15) is 29.1 Å². The molecule has 0 aliphatic rings. The number of carbonyl (C=O) groups excluding carboxylic acids is 2. The summed E-state index contributed by atoms with van der Waals surface area (Å²) in [4.78, 5) is 29.9. The van der Waals surface area contributed by atoms with Crippen molar-refractivity contribution in [2.24, 2.45) is 0 Å². The number of hydrogen-bond acceptors (Lipinski definition) is 7. The van der Waals surface area contributed by atoms with E-state index in [1.165, 1.54) is 23.1 Å². The van der Waals surface area contributed by atoms with Crippen molar-refractivity contribution in [3.8, 4) is 0 Å². The number of aromatic nitrogens is 1. The molecule has 3 rings (SSSR count). The Hall–Kier alpha value is -1.90. The molecule has 3 aromatic rings. The zero-order valence-electron chi connectivity index (χ0n) is 14.4. The quantitative estimate of drug-likeness (QED) is 0.450. The van der Waals surface area contributed by atoms with Crippen molar-refractivity contribution in [2.45, 2.75) is 24.6 Å². The van der Waals surface area contributed by atoms with Crippen molar-refractivity contribution in [1.82, 2.24) is 4.98 Å². The molecule has 2 aromatic heterocycles. The van der Waals surface area contributed by atoms with E-state index in [0.717, 1.165) is 25.9 Å². The van der Waals surface area contributed by atoms with Gasteiger partial charge in [-0.05, 0) is 31.5 Å². The van der Waals surface area contributed by atoms with Gasteiger partial charge < -0.3 is 10.1 Å². The first-order valence-electron chi connectivity index (χ1n) is 8.18. The van der Waals surface area contributed by atoms with Crippen LogP contribution in [0, 0.1) is 0 Å². The normalized spacial score (nSPS) is 10.8. The Bertz CT molecular complexity index is 900. The highest BCUT2D eigenvalue weighted by Crippen LogP contribution is 2.31. The van der Waals surface area contributed by atoms with E-state index in [9.17, 15) is 9.59 Å². The molecular weight excluding hydrogens is 388 g/mol. The Morgan fingerprint density at radius 1 is 1.23 bits per heavy atom. The standard InChI is InChI=1S/C18H18N2O3S3/c1-3-11-9-12(17(22)23-4-2)16(25-11)20-15(21)10-24-18-19-13-7-5-6-8-14(13)26-18/h5-9H,3-4,10H2,1-2H3,(H,20,21). The number of hydrogen-bond donors (Lipinski definition) is 1. The summed E-state index contributed by atoms with van der Waals surface area (Å²) in [5, 5.41) is 3.39. The van der Waals surface area contributed by atoms with Crippen molar-refractivity contribution < 1.29 is 14.3 Å². The number of thioether (sulfide) groups is 1. The monoisotopic (exact) mass is 406 g/mol. The summed E-state index contributed by atoms with van der Waals surface area (Å²) in [5.41, 5.74) is 1.36. The van der Waals surface area contributed by atoms with Crippen LogP contribution in [0.3, 0.4) is 0 Å². The number of para-hydroxylation sites is 1. The molecule has 136 valence electrons. The summed E-state index contributed by atoms with van der Waals surface area (Å²) in [6.45, 7) is 4.07. The zero-order chi connectivity index (χ0) is 18.5. The van der Waals surface area contributed by atoms with Crippen LogP contribution in [0.5, 0.6) is 0 Å². The van der Waals surface area contributed by atoms with E-state index in [4.69, 9.17) is 4.74 Å². The molecule has 0 unspecified atom stereocenters. The lowest BCUT2D eigenvalue weighted by Gasteiger charge is -2.05. The number of thiazole rings is 1. The summed E-state index contributed by atoms with van der Waals surface area (Å²) < 4.78 is 7.03. The minimum atomic E-state index is -0.405. The zero-order valence-corrected chi connectivity index (χ0v) is 16.9. The fourth-order valence-electron chi connectivity index (χ4n) is 2.27. The third-order valence-corrected chi connectivity index (χ3v) is 6.86. The highest BCUT2D eigenvalue weighted by atomic mass is 32.2. The maximum atomic E-state index is 12.3. The average molecular weight is 407 g/mol. The predicted octanol–water partition coefficient (Wildman–Crippen LogP) is 4.83. The summed E-state index contributed by atoms with van der Waals surface area (Å²) in [7, 11) is 0. The first-order chi connectivity index (χ1) is 12.6. The van der Waals surface area contributed by atoms with E-state index in [2.05, 4.69) is 10.3 Å². The molecule has 0 atom stereocenters. The lowest BCUT2D eigenvalue weighted by molar-refractivity contribution is -0.113. The Labute approximate surface area is 163 Å². The second-order valence-corrected chi connectivity index (χ2v) is 8.70. The molecule has 2 heterocycles. The lowest BCUT2D eigenvalue weighted by atomic mass is 10.2. The van der Waals surface area contributed by atoms with E-state index < -0.39 is 5.97 Å². The number of amides is 1. The van der Waals surface area contributed by atoms with Gasteiger partial charge in [0.2, 0.25) is 5.91 Å². The molecule has 1 aromatic carbocycles. The molecule has 0 saturated carbocycles. The number of thiophene rings is 1. The first kappa shape index (κ1) is 18.9. The van der Waals surface area contributed by atoms with Gasteiger partial charge in [0, 0.05) is 4.88 Å². The van der Waals surface area contributed by atoms with Crippen LogP contribution in [0.4, 0.5) is 5.00 Å². The van der Waals surface area contributed by atoms with Crippen molar-refractivity contribution in [2.75, 3.05) is 17.7 Å². The number of nitrogens with one attached hydrogen (secondary N) is 1. The van der Waals surface area contributed by atoms with Gasteiger partial charge in [-0.25, -0.2) is 9.78 Å². The van der Waals surface area contributed by atoms with Crippen LogP contribution < -0.4 is 5.32 Å². The van der Waals surface area contributed by atoms with E-state index in [1.54, 1.807) is 24.3 Å². The number of benzene rings is 1. The third kappa shape index (κ3) is 4.44. The van der Waals surface area contributed by atoms with Crippen molar-refractivity contribution in [1.29, 1.82) is 0 Å². The van der Waals surface area contributed by atoms with Gasteiger partial charge in [-0.2, -0.15) is 0 Å². The number of anilines is 1. The van der Waals surface area contributed by atoms with E-state index in [1.807, 2.05) is 31.2 Å². The molecule has 0 fully saturated rings. The molecule has 0 aliphatic carbocycles. The SMILES string of the molecule is CCOC(=O)c1cc(CC)sc1NC(=O)CSc1nc2ccccc2s1. The van der Waals surface area contributed by atoms with Crippen LogP contribution in [0.2, 0.25) is 0 Å².